The van der Waals surface area contributed by atoms with Gasteiger partial charge in [0.1, 0.15) is 11.6 Å². The van der Waals surface area contributed by atoms with E-state index in [-0.39, 0.29) is 23.8 Å². The summed E-state index contributed by atoms with van der Waals surface area (Å²) in [5.74, 6) is 0.902. The van der Waals surface area contributed by atoms with E-state index in [0.717, 1.165) is 0 Å². The van der Waals surface area contributed by atoms with Gasteiger partial charge in [-0.05, 0) is 18.8 Å². The predicted molar refractivity (Wildman–Crippen MR) is 83.6 cm³/mol. The molecule has 0 aliphatic rings. The van der Waals surface area contributed by atoms with Gasteiger partial charge in [-0.1, -0.05) is 20.8 Å². The first-order valence-electron chi connectivity index (χ1n) is 7.05. The number of nitrogens with one attached hydrogen (secondary N) is 2. The van der Waals surface area contributed by atoms with Crippen molar-refractivity contribution in [2.24, 2.45) is 5.41 Å². The maximum absolute atomic E-state index is 11.0. The molecule has 0 fully saturated rings. The van der Waals surface area contributed by atoms with E-state index in [9.17, 15) is 15.2 Å². The van der Waals surface area contributed by atoms with Crippen molar-refractivity contribution in [2.45, 2.75) is 40.2 Å². The summed E-state index contributed by atoms with van der Waals surface area (Å²) in [7, 11) is 0. The molecule has 0 bridgehead atoms. The van der Waals surface area contributed by atoms with Crippen LogP contribution in [-0.4, -0.2) is 34.2 Å². The van der Waals surface area contributed by atoms with Crippen molar-refractivity contribution in [3.05, 3.63) is 22.2 Å². The summed E-state index contributed by atoms with van der Waals surface area (Å²) >= 11 is 0. The lowest BCUT2D eigenvalue weighted by Gasteiger charge is -2.31. The van der Waals surface area contributed by atoms with Crippen molar-refractivity contribution in [3.63, 3.8) is 0 Å². The molecule has 0 saturated heterocycles. The Hall–Kier alpha value is -1.89. The molecule has 1 unspecified atom stereocenters. The molecule has 21 heavy (non-hydrogen) atoms. The van der Waals surface area contributed by atoms with Crippen LogP contribution >= 0.6 is 0 Å². The third-order valence-electron chi connectivity index (χ3n) is 3.16. The van der Waals surface area contributed by atoms with Crippen LogP contribution < -0.4 is 10.6 Å². The van der Waals surface area contributed by atoms with E-state index in [4.69, 9.17) is 0 Å². The molecule has 0 spiro atoms. The van der Waals surface area contributed by atoms with Gasteiger partial charge in [-0.25, -0.2) is 4.98 Å². The van der Waals surface area contributed by atoms with E-state index >= 15 is 0 Å². The maximum atomic E-state index is 11.0. The van der Waals surface area contributed by atoms with E-state index in [1.807, 2.05) is 27.7 Å². The number of rotatable bonds is 7. The zero-order valence-electron chi connectivity index (χ0n) is 13.0. The van der Waals surface area contributed by atoms with Gasteiger partial charge >= 0.3 is 0 Å². The standard InChI is InChI=1S/C14H24N4O3/c1-5-15-12-8-10(18(20)21)9-13(17-12)16-11(6-7-19)14(2,3)4/h8-9,11,19H,5-7H2,1-4H3,(H2,15,16,17). The van der Waals surface area contributed by atoms with Gasteiger partial charge in [-0.3, -0.25) is 10.1 Å². The van der Waals surface area contributed by atoms with E-state index < -0.39 is 4.92 Å². The van der Waals surface area contributed by atoms with Crippen LogP contribution in [0.5, 0.6) is 0 Å². The van der Waals surface area contributed by atoms with Gasteiger partial charge in [0.05, 0.1) is 17.1 Å². The Bertz CT molecular complexity index is 486. The minimum absolute atomic E-state index is 0.0138. The molecular formula is C14H24N4O3. The summed E-state index contributed by atoms with van der Waals surface area (Å²) in [4.78, 5) is 14.9. The molecule has 1 heterocycles. The molecule has 3 N–H and O–H groups in total. The van der Waals surface area contributed by atoms with Gasteiger partial charge in [0.25, 0.3) is 5.69 Å². The van der Waals surface area contributed by atoms with Crippen LogP contribution in [0.2, 0.25) is 0 Å². The SMILES string of the molecule is CCNc1cc([N+](=O)[O-])cc(NC(CCO)C(C)(C)C)n1. The Kier molecular flexibility index (Phi) is 5.90. The van der Waals surface area contributed by atoms with Crippen molar-refractivity contribution in [3.8, 4) is 0 Å². The summed E-state index contributed by atoms with van der Waals surface area (Å²) in [6, 6.07) is 2.79. The Morgan fingerprint density at radius 2 is 2.00 bits per heavy atom. The molecule has 1 rings (SSSR count). The Balaban J connectivity index is 3.07. The van der Waals surface area contributed by atoms with Gasteiger partial charge in [0.15, 0.2) is 0 Å². The minimum atomic E-state index is -0.439. The van der Waals surface area contributed by atoms with Crippen LogP contribution in [0.4, 0.5) is 17.3 Å². The summed E-state index contributed by atoms with van der Waals surface area (Å²) in [5, 5.41) is 26.4. The zero-order valence-corrected chi connectivity index (χ0v) is 13.0. The first-order valence-corrected chi connectivity index (χ1v) is 7.05. The molecule has 118 valence electrons. The lowest BCUT2D eigenvalue weighted by atomic mass is 9.85. The Morgan fingerprint density at radius 3 is 2.48 bits per heavy atom. The first-order chi connectivity index (χ1) is 9.77. The lowest BCUT2D eigenvalue weighted by Crippen LogP contribution is -2.35. The third kappa shape index (κ3) is 5.18. The maximum Gasteiger partial charge on any atom is 0.276 e. The normalized spacial score (nSPS) is 12.8. The molecule has 1 aromatic heterocycles. The number of hydrogen-bond donors (Lipinski definition) is 3. The average molecular weight is 296 g/mol. The Morgan fingerprint density at radius 1 is 1.38 bits per heavy atom. The van der Waals surface area contributed by atoms with E-state index in [2.05, 4.69) is 15.6 Å². The molecule has 0 aliphatic heterocycles. The second-order valence-corrected chi connectivity index (χ2v) is 5.96. The van der Waals surface area contributed by atoms with Gasteiger partial charge in [-0.2, -0.15) is 0 Å². The largest absolute Gasteiger partial charge is 0.396 e. The van der Waals surface area contributed by atoms with Crippen LogP contribution in [0.1, 0.15) is 34.1 Å². The van der Waals surface area contributed by atoms with Crippen LogP contribution in [0.3, 0.4) is 0 Å². The van der Waals surface area contributed by atoms with Crippen LogP contribution in [0, 0.1) is 15.5 Å². The quantitative estimate of drug-likeness (QED) is 0.528. The highest BCUT2D eigenvalue weighted by Crippen LogP contribution is 2.27. The van der Waals surface area contributed by atoms with Crippen molar-refractivity contribution in [1.29, 1.82) is 0 Å². The number of aliphatic hydroxyl groups is 1. The molecule has 0 radical (unpaired) electrons. The Labute approximate surface area is 124 Å². The fourth-order valence-corrected chi connectivity index (χ4v) is 2.00. The third-order valence-corrected chi connectivity index (χ3v) is 3.16. The smallest absolute Gasteiger partial charge is 0.276 e. The predicted octanol–water partition coefficient (Wildman–Crippen LogP) is 2.63. The number of hydrogen-bond acceptors (Lipinski definition) is 6. The fraction of sp³-hybridized carbons (Fsp3) is 0.643. The average Bonchev–Trinajstić information content (AvgIpc) is 2.37. The monoisotopic (exact) mass is 296 g/mol. The molecule has 1 atom stereocenters. The topological polar surface area (TPSA) is 100 Å². The van der Waals surface area contributed by atoms with E-state index in [0.29, 0.717) is 24.6 Å². The van der Waals surface area contributed by atoms with Crippen molar-refractivity contribution in [1.82, 2.24) is 4.98 Å². The lowest BCUT2D eigenvalue weighted by molar-refractivity contribution is -0.384. The molecule has 0 saturated carbocycles. The second kappa shape index (κ2) is 7.21. The van der Waals surface area contributed by atoms with Gasteiger partial charge < -0.3 is 15.7 Å². The van der Waals surface area contributed by atoms with Crippen molar-refractivity contribution < 1.29 is 10.0 Å². The second-order valence-electron chi connectivity index (χ2n) is 5.96. The van der Waals surface area contributed by atoms with Crippen molar-refractivity contribution >= 4 is 17.3 Å². The number of pyridine rings is 1. The van der Waals surface area contributed by atoms with Gasteiger partial charge in [0, 0.05) is 19.2 Å². The number of anilines is 2. The fourth-order valence-electron chi connectivity index (χ4n) is 2.00. The first kappa shape index (κ1) is 17.2. The highest BCUT2D eigenvalue weighted by atomic mass is 16.6. The highest BCUT2D eigenvalue weighted by molar-refractivity contribution is 5.55. The van der Waals surface area contributed by atoms with Gasteiger partial charge in [0.2, 0.25) is 0 Å². The van der Waals surface area contributed by atoms with Crippen molar-refractivity contribution in [2.75, 3.05) is 23.8 Å². The van der Waals surface area contributed by atoms with Crippen LogP contribution in [0.25, 0.3) is 0 Å². The highest BCUT2D eigenvalue weighted by Gasteiger charge is 2.25. The number of nitro groups is 1. The summed E-state index contributed by atoms with van der Waals surface area (Å²) < 4.78 is 0. The van der Waals surface area contributed by atoms with E-state index in [1.54, 1.807) is 0 Å². The number of aromatic nitrogens is 1. The summed E-state index contributed by atoms with van der Waals surface area (Å²) in [5.41, 5.74) is -0.118. The summed E-state index contributed by atoms with van der Waals surface area (Å²) in [6.07, 6.45) is 0.546. The molecule has 7 heteroatoms. The zero-order chi connectivity index (χ0) is 16.0. The van der Waals surface area contributed by atoms with Crippen LogP contribution in [-0.2, 0) is 0 Å². The van der Waals surface area contributed by atoms with E-state index in [1.165, 1.54) is 12.1 Å². The van der Waals surface area contributed by atoms with Gasteiger partial charge in [-0.15, -0.1) is 0 Å². The summed E-state index contributed by atoms with van der Waals surface area (Å²) in [6.45, 7) is 8.71. The molecule has 1 aromatic rings. The molecule has 0 amide bonds. The molecule has 0 aromatic carbocycles. The number of nitrogens with zero attached hydrogens (tertiary/aromatic N) is 2. The van der Waals surface area contributed by atoms with Crippen LogP contribution in [0.15, 0.2) is 12.1 Å². The molecule has 7 nitrogen and oxygen atoms in total. The minimum Gasteiger partial charge on any atom is -0.396 e. The number of aliphatic hydroxyl groups excluding tert-OH is 1. The molecule has 0 aliphatic carbocycles. The molecular weight excluding hydrogens is 272 g/mol.